The lowest BCUT2D eigenvalue weighted by Gasteiger charge is -2.16. The zero-order valence-corrected chi connectivity index (χ0v) is 9.42. The minimum absolute atomic E-state index is 0.288. The second-order valence-electron chi connectivity index (χ2n) is 3.98. The van der Waals surface area contributed by atoms with Gasteiger partial charge in [0.05, 0.1) is 5.56 Å². The lowest BCUT2D eigenvalue weighted by atomic mass is 10.1. The van der Waals surface area contributed by atoms with Gasteiger partial charge in [0.15, 0.2) is 23.3 Å². The molecule has 9 heteroatoms. The van der Waals surface area contributed by atoms with Gasteiger partial charge in [0.25, 0.3) is 0 Å². The van der Waals surface area contributed by atoms with Crippen LogP contribution in [0.2, 0.25) is 0 Å². The molecule has 0 aromatic heterocycles. The van der Waals surface area contributed by atoms with Gasteiger partial charge < -0.3 is 0 Å². The smallest absolute Gasteiger partial charge is 0.219 e. The molecule has 100 valence electrons. The monoisotopic (exact) mass is 287 g/mol. The van der Waals surface area contributed by atoms with Crippen molar-refractivity contribution in [2.45, 2.75) is 17.6 Å². The Bertz CT molecular complexity index is 610. The fourth-order valence-electron chi connectivity index (χ4n) is 1.80. The SMILES string of the molecule is NS(=O)(=O)C1(c2c(F)c(F)c(F)c(F)c2F)CC1. The van der Waals surface area contributed by atoms with Gasteiger partial charge in [0.1, 0.15) is 4.75 Å². The maximum Gasteiger partial charge on any atom is 0.219 e. The zero-order chi connectivity index (χ0) is 13.9. The Labute approximate surface area is 98.4 Å². The highest BCUT2D eigenvalue weighted by atomic mass is 32.2. The third-order valence-electron chi connectivity index (χ3n) is 2.91. The Morgan fingerprint density at radius 3 is 1.44 bits per heavy atom. The summed E-state index contributed by atoms with van der Waals surface area (Å²) in [6.07, 6.45) is -0.575. The standard InChI is InChI=1S/C9H6F5NO2S/c10-4-3(9(1-2-9)18(15,16)17)5(11)7(13)8(14)6(4)12/h1-2H2,(H2,15,16,17). The maximum absolute atomic E-state index is 13.4. The lowest BCUT2D eigenvalue weighted by molar-refractivity contribution is 0.367. The molecule has 1 aromatic carbocycles. The molecule has 1 aliphatic rings. The highest BCUT2D eigenvalue weighted by Gasteiger charge is 2.58. The summed E-state index contributed by atoms with van der Waals surface area (Å²) in [5.74, 6) is -11.0. The number of primary sulfonamides is 1. The summed E-state index contributed by atoms with van der Waals surface area (Å²) in [4.78, 5) is 0. The summed E-state index contributed by atoms with van der Waals surface area (Å²) >= 11 is 0. The highest BCUT2D eigenvalue weighted by Crippen LogP contribution is 2.53. The van der Waals surface area contributed by atoms with Crippen molar-refractivity contribution in [2.75, 3.05) is 0 Å². The van der Waals surface area contributed by atoms with Crippen molar-refractivity contribution in [3.05, 3.63) is 34.6 Å². The van der Waals surface area contributed by atoms with Gasteiger partial charge in [0.2, 0.25) is 15.8 Å². The van der Waals surface area contributed by atoms with Gasteiger partial charge in [-0.2, -0.15) is 0 Å². The van der Waals surface area contributed by atoms with E-state index in [1.807, 2.05) is 0 Å². The highest BCUT2D eigenvalue weighted by molar-refractivity contribution is 7.90. The first-order valence-electron chi connectivity index (χ1n) is 4.68. The fraction of sp³-hybridized carbons (Fsp3) is 0.333. The molecule has 3 nitrogen and oxygen atoms in total. The second kappa shape index (κ2) is 3.64. The van der Waals surface area contributed by atoms with E-state index in [0.717, 1.165) is 0 Å². The van der Waals surface area contributed by atoms with Gasteiger partial charge in [-0.15, -0.1) is 0 Å². The van der Waals surface area contributed by atoms with Gasteiger partial charge in [-0.1, -0.05) is 0 Å². The van der Waals surface area contributed by atoms with E-state index in [4.69, 9.17) is 5.14 Å². The molecule has 1 saturated carbocycles. The fourth-order valence-corrected chi connectivity index (χ4v) is 2.93. The number of nitrogens with two attached hydrogens (primary N) is 1. The van der Waals surface area contributed by atoms with Crippen molar-refractivity contribution < 1.29 is 30.4 Å². The Hall–Kier alpha value is -1.22. The third kappa shape index (κ3) is 1.53. The van der Waals surface area contributed by atoms with E-state index in [9.17, 15) is 30.4 Å². The summed E-state index contributed by atoms with van der Waals surface area (Å²) in [6, 6.07) is 0. The van der Waals surface area contributed by atoms with E-state index in [1.165, 1.54) is 0 Å². The molecule has 0 heterocycles. The van der Waals surface area contributed by atoms with Crippen LogP contribution in [-0.4, -0.2) is 8.42 Å². The number of rotatable bonds is 2. The summed E-state index contributed by atoms with van der Waals surface area (Å²) in [5, 5.41) is 4.78. The van der Waals surface area contributed by atoms with E-state index in [1.54, 1.807) is 0 Å². The van der Waals surface area contributed by atoms with E-state index in [0.29, 0.717) is 0 Å². The van der Waals surface area contributed by atoms with E-state index >= 15 is 0 Å². The maximum atomic E-state index is 13.4. The molecule has 2 N–H and O–H groups in total. The summed E-state index contributed by atoms with van der Waals surface area (Å²) < 4.78 is 85.8. The number of hydrogen-bond donors (Lipinski definition) is 1. The average molecular weight is 287 g/mol. The Balaban J connectivity index is 2.83. The average Bonchev–Trinajstić information content (AvgIpc) is 3.04. The minimum Gasteiger partial charge on any atom is -0.228 e. The van der Waals surface area contributed by atoms with Crippen molar-refractivity contribution in [1.82, 2.24) is 0 Å². The van der Waals surface area contributed by atoms with Crippen molar-refractivity contribution in [2.24, 2.45) is 5.14 Å². The van der Waals surface area contributed by atoms with Crippen LogP contribution in [0.1, 0.15) is 18.4 Å². The first kappa shape index (κ1) is 13.2. The van der Waals surface area contributed by atoms with Crippen LogP contribution in [0.25, 0.3) is 0 Å². The van der Waals surface area contributed by atoms with Crippen LogP contribution in [0, 0.1) is 29.1 Å². The molecule has 0 amide bonds. The number of hydrogen-bond acceptors (Lipinski definition) is 2. The Morgan fingerprint density at radius 1 is 0.833 bits per heavy atom. The quantitative estimate of drug-likeness (QED) is 0.511. The predicted octanol–water partition coefficient (Wildman–Crippen LogP) is 1.66. The minimum atomic E-state index is -4.47. The number of benzene rings is 1. The topological polar surface area (TPSA) is 60.2 Å². The first-order valence-corrected chi connectivity index (χ1v) is 6.22. The van der Waals surface area contributed by atoms with Crippen molar-refractivity contribution in [3.63, 3.8) is 0 Å². The predicted molar refractivity (Wildman–Crippen MR) is 50.3 cm³/mol. The Kier molecular flexibility index (Phi) is 2.67. The van der Waals surface area contributed by atoms with Crippen molar-refractivity contribution in [1.29, 1.82) is 0 Å². The van der Waals surface area contributed by atoms with Gasteiger partial charge in [-0.25, -0.2) is 35.5 Å². The summed E-state index contributed by atoms with van der Waals surface area (Å²) in [6.45, 7) is 0. The molecule has 1 fully saturated rings. The molecule has 0 bridgehead atoms. The molecule has 0 unspecified atom stereocenters. The second-order valence-corrected chi connectivity index (χ2v) is 5.86. The molecular formula is C9H6F5NO2S. The van der Waals surface area contributed by atoms with Crippen LogP contribution in [0.3, 0.4) is 0 Å². The molecule has 0 aliphatic heterocycles. The van der Waals surface area contributed by atoms with Crippen molar-refractivity contribution >= 4 is 10.0 Å². The van der Waals surface area contributed by atoms with Crippen molar-refractivity contribution in [3.8, 4) is 0 Å². The number of sulfonamides is 1. The molecular weight excluding hydrogens is 281 g/mol. The van der Waals surface area contributed by atoms with Crippen LogP contribution in [0.15, 0.2) is 0 Å². The zero-order valence-electron chi connectivity index (χ0n) is 8.61. The summed E-state index contributed by atoms with van der Waals surface area (Å²) in [5.41, 5.74) is -1.37. The lowest BCUT2D eigenvalue weighted by Crippen LogP contribution is -2.31. The van der Waals surface area contributed by atoms with Gasteiger partial charge in [0, 0.05) is 0 Å². The number of halogens is 5. The largest absolute Gasteiger partial charge is 0.228 e. The molecule has 2 rings (SSSR count). The molecule has 0 spiro atoms. The molecule has 1 aliphatic carbocycles. The first-order chi connectivity index (χ1) is 8.13. The van der Waals surface area contributed by atoms with E-state index < -0.39 is 49.4 Å². The van der Waals surface area contributed by atoms with E-state index in [2.05, 4.69) is 0 Å². The molecule has 1 aromatic rings. The van der Waals surface area contributed by atoms with Crippen LogP contribution >= 0.6 is 0 Å². The Morgan fingerprint density at radius 2 is 1.17 bits per heavy atom. The summed E-state index contributed by atoms with van der Waals surface area (Å²) in [7, 11) is -4.47. The van der Waals surface area contributed by atoms with Gasteiger partial charge >= 0.3 is 0 Å². The third-order valence-corrected chi connectivity index (χ3v) is 4.62. The van der Waals surface area contributed by atoms with Gasteiger partial charge in [-0.05, 0) is 12.8 Å². The van der Waals surface area contributed by atoms with Crippen LogP contribution in [-0.2, 0) is 14.8 Å². The van der Waals surface area contributed by atoms with Gasteiger partial charge in [-0.3, -0.25) is 0 Å². The van der Waals surface area contributed by atoms with E-state index in [-0.39, 0.29) is 12.8 Å². The van der Waals surface area contributed by atoms with Crippen LogP contribution < -0.4 is 5.14 Å². The van der Waals surface area contributed by atoms with Crippen LogP contribution in [0.5, 0.6) is 0 Å². The molecule has 18 heavy (non-hydrogen) atoms. The normalized spacial score (nSPS) is 17.9. The van der Waals surface area contributed by atoms with Crippen LogP contribution in [0.4, 0.5) is 22.0 Å². The molecule has 0 saturated heterocycles. The molecule has 0 atom stereocenters. The molecule has 0 radical (unpaired) electrons.